The van der Waals surface area contributed by atoms with E-state index in [0.29, 0.717) is 24.9 Å². The quantitative estimate of drug-likeness (QED) is 0.428. The van der Waals surface area contributed by atoms with Crippen LogP contribution in [0, 0.1) is 11.8 Å². The van der Waals surface area contributed by atoms with Crippen LogP contribution in [0.3, 0.4) is 0 Å². The summed E-state index contributed by atoms with van der Waals surface area (Å²) < 4.78 is 0. The van der Waals surface area contributed by atoms with E-state index in [0.717, 1.165) is 35.7 Å². The maximum Gasteiger partial charge on any atom is 0.248 e. The van der Waals surface area contributed by atoms with E-state index in [1.54, 1.807) is 10.0 Å². The number of nitrogens with zero attached hydrogens (tertiary/aromatic N) is 2. The van der Waals surface area contributed by atoms with Gasteiger partial charge in [0.15, 0.2) is 0 Å². The predicted molar refractivity (Wildman–Crippen MR) is 96.3 cm³/mol. The van der Waals surface area contributed by atoms with Gasteiger partial charge in [0, 0.05) is 24.9 Å². The first-order valence-electron chi connectivity index (χ1n) is 8.18. The molecule has 23 heavy (non-hydrogen) atoms. The molecule has 2 N–H and O–H groups in total. The first kappa shape index (κ1) is 18.1. The van der Waals surface area contributed by atoms with Crippen molar-refractivity contribution in [3.8, 4) is 0 Å². The minimum atomic E-state index is -0.360. The summed E-state index contributed by atoms with van der Waals surface area (Å²) in [6, 6.07) is 0. The lowest BCUT2D eigenvalue weighted by atomic mass is 10.3. The monoisotopic (exact) mass is 356 g/mol. The van der Waals surface area contributed by atoms with E-state index >= 15 is 0 Å². The van der Waals surface area contributed by atoms with Crippen molar-refractivity contribution < 1.29 is 9.59 Å². The average molecular weight is 357 g/mol. The van der Waals surface area contributed by atoms with Crippen molar-refractivity contribution in [3.63, 3.8) is 0 Å². The van der Waals surface area contributed by atoms with Crippen molar-refractivity contribution >= 4 is 46.2 Å². The van der Waals surface area contributed by atoms with Gasteiger partial charge in [-0.25, -0.2) is 0 Å². The lowest BCUT2D eigenvalue weighted by Crippen LogP contribution is -2.50. The van der Waals surface area contributed by atoms with Crippen LogP contribution < -0.4 is 10.9 Å². The van der Waals surface area contributed by atoms with E-state index in [4.69, 9.17) is 24.4 Å². The number of hydrogen-bond donors (Lipinski definition) is 2. The van der Waals surface area contributed by atoms with E-state index in [2.05, 4.69) is 10.9 Å². The van der Waals surface area contributed by atoms with Crippen LogP contribution in [0.1, 0.15) is 46.0 Å². The number of carbonyl (C=O) groups excluding carboxylic acids is 2. The van der Waals surface area contributed by atoms with Crippen molar-refractivity contribution in [2.24, 2.45) is 11.8 Å². The molecule has 0 radical (unpaired) electrons. The Kier molecular flexibility index (Phi) is 6.29. The van der Waals surface area contributed by atoms with Gasteiger partial charge < -0.3 is 0 Å². The molecule has 0 atom stereocenters. The lowest BCUT2D eigenvalue weighted by molar-refractivity contribution is -0.132. The van der Waals surface area contributed by atoms with Crippen molar-refractivity contribution in [1.82, 2.24) is 20.9 Å². The zero-order valence-electron chi connectivity index (χ0n) is 13.6. The first-order chi connectivity index (χ1) is 11.0. The van der Waals surface area contributed by atoms with Gasteiger partial charge in [-0.1, -0.05) is 24.4 Å². The van der Waals surface area contributed by atoms with Crippen LogP contribution in [0.2, 0.25) is 0 Å². The Labute approximate surface area is 147 Å². The number of hydrazine groups is 2. The van der Waals surface area contributed by atoms with Gasteiger partial charge in [0.25, 0.3) is 0 Å². The Morgan fingerprint density at radius 1 is 0.870 bits per heavy atom. The Morgan fingerprint density at radius 3 is 1.48 bits per heavy atom. The Balaban J connectivity index is 1.77. The van der Waals surface area contributed by atoms with Crippen LogP contribution in [0.25, 0.3) is 0 Å². The molecule has 0 heterocycles. The van der Waals surface area contributed by atoms with Crippen LogP contribution >= 0.6 is 24.4 Å². The summed E-state index contributed by atoms with van der Waals surface area (Å²) in [5, 5.41) is 3.32. The van der Waals surface area contributed by atoms with Crippen molar-refractivity contribution in [3.05, 3.63) is 0 Å². The molecule has 0 bridgehead atoms. The number of carbonyl (C=O) groups is 2. The SMILES string of the molecule is CCN(NC(=O)CC(=O)NN(CC)C(=S)C1CC1)C(=S)C1CC1. The maximum atomic E-state index is 12.0. The molecule has 2 fully saturated rings. The Bertz CT molecular complexity index is 460. The van der Waals surface area contributed by atoms with Crippen LogP contribution in [0.5, 0.6) is 0 Å². The highest BCUT2D eigenvalue weighted by atomic mass is 32.1. The van der Waals surface area contributed by atoms with Gasteiger partial charge in [-0.3, -0.25) is 30.5 Å². The van der Waals surface area contributed by atoms with Gasteiger partial charge in [-0.15, -0.1) is 0 Å². The van der Waals surface area contributed by atoms with Crippen LogP contribution in [-0.2, 0) is 9.59 Å². The molecule has 0 aromatic rings. The van der Waals surface area contributed by atoms with E-state index in [1.165, 1.54) is 0 Å². The molecule has 2 aliphatic carbocycles. The molecule has 128 valence electrons. The second-order valence-corrected chi connectivity index (χ2v) is 6.80. The summed E-state index contributed by atoms with van der Waals surface area (Å²) in [4.78, 5) is 25.6. The third-order valence-corrected chi connectivity index (χ3v) is 4.97. The standard InChI is InChI=1S/C15H24N4O2S2/c1-3-18(14(22)10-5-6-10)16-12(20)9-13(21)17-19(4-2)15(23)11-7-8-11/h10-11H,3-9H2,1-2H3,(H,16,20)(H,17,21). The second kappa shape index (κ2) is 8.01. The third kappa shape index (κ3) is 5.39. The van der Waals surface area contributed by atoms with Crippen LogP contribution in [0.4, 0.5) is 0 Å². The molecule has 2 amide bonds. The number of rotatable bonds is 6. The highest BCUT2D eigenvalue weighted by molar-refractivity contribution is 7.80. The van der Waals surface area contributed by atoms with Gasteiger partial charge in [-0.05, 0) is 39.5 Å². The van der Waals surface area contributed by atoms with E-state index in [-0.39, 0.29) is 18.2 Å². The number of hydrogen-bond acceptors (Lipinski definition) is 4. The molecule has 2 saturated carbocycles. The molecule has 6 nitrogen and oxygen atoms in total. The molecule has 0 aromatic heterocycles. The van der Waals surface area contributed by atoms with E-state index < -0.39 is 0 Å². The fourth-order valence-electron chi connectivity index (χ4n) is 2.21. The number of amides is 2. The lowest BCUT2D eigenvalue weighted by Gasteiger charge is -2.26. The number of nitrogens with one attached hydrogen (secondary N) is 2. The van der Waals surface area contributed by atoms with Gasteiger partial charge in [0.2, 0.25) is 11.8 Å². The van der Waals surface area contributed by atoms with E-state index in [9.17, 15) is 9.59 Å². The second-order valence-electron chi connectivity index (χ2n) is 5.96. The molecule has 0 unspecified atom stereocenters. The summed E-state index contributed by atoms with van der Waals surface area (Å²) in [6.07, 6.45) is 4.07. The zero-order valence-corrected chi connectivity index (χ0v) is 15.3. The fraction of sp³-hybridized carbons (Fsp3) is 0.733. The topological polar surface area (TPSA) is 64.7 Å². The minimum Gasteiger partial charge on any atom is -0.279 e. The normalized spacial score (nSPS) is 16.4. The van der Waals surface area contributed by atoms with Gasteiger partial charge in [-0.2, -0.15) is 0 Å². The van der Waals surface area contributed by atoms with Crippen LogP contribution in [0.15, 0.2) is 0 Å². The summed E-state index contributed by atoms with van der Waals surface area (Å²) >= 11 is 10.7. The summed E-state index contributed by atoms with van der Waals surface area (Å²) in [6.45, 7) is 5.02. The van der Waals surface area contributed by atoms with Crippen molar-refractivity contribution in [2.75, 3.05) is 13.1 Å². The molecule has 2 aliphatic rings. The minimum absolute atomic E-state index is 0.243. The summed E-state index contributed by atoms with van der Waals surface area (Å²) in [7, 11) is 0. The Morgan fingerprint density at radius 2 is 1.22 bits per heavy atom. The molecule has 0 spiro atoms. The highest BCUT2D eigenvalue weighted by Crippen LogP contribution is 2.32. The van der Waals surface area contributed by atoms with Gasteiger partial charge in [0.1, 0.15) is 16.4 Å². The van der Waals surface area contributed by atoms with Crippen molar-refractivity contribution in [2.45, 2.75) is 46.0 Å². The van der Waals surface area contributed by atoms with E-state index in [1.807, 2.05) is 13.8 Å². The average Bonchev–Trinajstić information content (AvgIpc) is 3.40. The largest absolute Gasteiger partial charge is 0.279 e. The Hall–Kier alpha value is -1.28. The highest BCUT2D eigenvalue weighted by Gasteiger charge is 2.31. The third-order valence-electron chi connectivity index (χ3n) is 3.86. The van der Waals surface area contributed by atoms with Gasteiger partial charge >= 0.3 is 0 Å². The first-order valence-corrected chi connectivity index (χ1v) is 8.99. The molecule has 8 heteroatoms. The maximum absolute atomic E-state index is 12.0. The molecule has 0 aromatic carbocycles. The van der Waals surface area contributed by atoms with Crippen molar-refractivity contribution in [1.29, 1.82) is 0 Å². The molecule has 0 saturated heterocycles. The predicted octanol–water partition coefficient (Wildman–Crippen LogP) is 1.56. The summed E-state index contributed by atoms with van der Waals surface area (Å²) in [5.41, 5.74) is 5.43. The molecular formula is C15H24N4O2S2. The summed E-state index contributed by atoms with van der Waals surface area (Å²) in [5.74, 6) is 0.0673. The van der Waals surface area contributed by atoms with Gasteiger partial charge in [0.05, 0.1) is 0 Å². The number of thiocarbonyl (C=S) groups is 2. The van der Waals surface area contributed by atoms with Crippen LogP contribution in [-0.4, -0.2) is 44.9 Å². The zero-order chi connectivity index (χ0) is 17.0. The molecule has 0 aliphatic heterocycles. The molecular weight excluding hydrogens is 332 g/mol. The fourth-order valence-corrected chi connectivity index (χ4v) is 3.03. The molecule has 2 rings (SSSR count). The smallest absolute Gasteiger partial charge is 0.248 e.